The molecule has 0 spiro atoms. The van der Waals surface area contributed by atoms with Gasteiger partial charge in [0.05, 0.1) is 0 Å². The molecule has 0 saturated heterocycles. The molecule has 0 unspecified atom stereocenters. The Balaban J connectivity index is 2.20. The van der Waals surface area contributed by atoms with Gasteiger partial charge in [-0.25, -0.2) is 17.9 Å². The zero-order chi connectivity index (χ0) is 14.8. The molecule has 2 aromatic rings. The summed E-state index contributed by atoms with van der Waals surface area (Å²) in [6.07, 6.45) is 1.16. The Morgan fingerprint density at radius 3 is 2.50 bits per heavy atom. The van der Waals surface area contributed by atoms with Crippen molar-refractivity contribution in [3.63, 3.8) is 0 Å². The van der Waals surface area contributed by atoms with Crippen LogP contribution in [-0.2, 0) is 10.0 Å². The van der Waals surface area contributed by atoms with Crippen molar-refractivity contribution in [3.8, 4) is 0 Å². The number of rotatable bonds is 5. The Morgan fingerprint density at radius 1 is 1.30 bits per heavy atom. The number of benzene rings is 1. The molecule has 7 heteroatoms. The molecule has 1 heterocycles. The van der Waals surface area contributed by atoms with Crippen LogP contribution in [0.5, 0.6) is 0 Å². The fourth-order valence-electron chi connectivity index (χ4n) is 1.76. The molecule has 20 heavy (non-hydrogen) atoms. The standard InChI is InChI=1S/C13H14N2O4S/c1-9(10-5-3-2-4-6-10)15-20(18,19)11-7-12(13(16)17)14-8-11/h2-9,14-15H,1H3,(H,16,17)/t9-/m0/s1. The molecule has 1 atom stereocenters. The van der Waals surface area contributed by atoms with Crippen molar-refractivity contribution in [1.29, 1.82) is 0 Å². The van der Waals surface area contributed by atoms with Gasteiger partial charge in [-0.15, -0.1) is 0 Å². The number of nitrogens with one attached hydrogen (secondary N) is 2. The van der Waals surface area contributed by atoms with Crippen molar-refractivity contribution >= 4 is 16.0 Å². The van der Waals surface area contributed by atoms with Gasteiger partial charge in [0.1, 0.15) is 10.6 Å². The van der Waals surface area contributed by atoms with Crippen molar-refractivity contribution in [3.05, 3.63) is 53.9 Å². The first-order valence-corrected chi connectivity index (χ1v) is 7.37. The van der Waals surface area contributed by atoms with Crippen LogP contribution in [0.25, 0.3) is 0 Å². The number of carboxylic acids is 1. The second kappa shape index (κ2) is 5.48. The van der Waals surface area contributed by atoms with E-state index in [2.05, 4.69) is 9.71 Å². The Hall–Kier alpha value is -2.12. The van der Waals surface area contributed by atoms with Crippen LogP contribution in [-0.4, -0.2) is 24.5 Å². The molecule has 0 bridgehead atoms. The van der Waals surface area contributed by atoms with Gasteiger partial charge in [-0.2, -0.15) is 0 Å². The molecule has 0 radical (unpaired) electrons. The van der Waals surface area contributed by atoms with E-state index in [1.54, 1.807) is 6.92 Å². The Bertz CT molecular complexity index is 707. The van der Waals surface area contributed by atoms with Crippen LogP contribution in [0.1, 0.15) is 29.0 Å². The van der Waals surface area contributed by atoms with Crippen LogP contribution < -0.4 is 4.72 Å². The van der Waals surface area contributed by atoms with E-state index in [0.29, 0.717) is 0 Å². The highest BCUT2D eigenvalue weighted by Crippen LogP contribution is 2.17. The first kappa shape index (κ1) is 14.3. The molecule has 0 fully saturated rings. The fourth-order valence-corrected chi connectivity index (χ4v) is 2.99. The summed E-state index contributed by atoms with van der Waals surface area (Å²) in [5, 5.41) is 8.78. The van der Waals surface area contributed by atoms with Gasteiger partial charge < -0.3 is 10.1 Å². The van der Waals surface area contributed by atoms with Crippen LogP contribution >= 0.6 is 0 Å². The van der Waals surface area contributed by atoms with Crippen LogP contribution in [0.4, 0.5) is 0 Å². The van der Waals surface area contributed by atoms with Crippen molar-refractivity contribution in [1.82, 2.24) is 9.71 Å². The summed E-state index contributed by atoms with van der Waals surface area (Å²) >= 11 is 0. The van der Waals surface area contributed by atoms with E-state index < -0.39 is 22.0 Å². The smallest absolute Gasteiger partial charge is 0.352 e. The molecule has 0 aliphatic heterocycles. The van der Waals surface area contributed by atoms with Crippen molar-refractivity contribution < 1.29 is 18.3 Å². The van der Waals surface area contributed by atoms with Gasteiger partial charge in [-0.05, 0) is 18.6 Å². The topological polar surface area (TPSA) is 99.3 Å². The second-order valence-electron chi connectivity index (χ2n) is 4.31. The summed E-state index contributed by atoms with van der Waals surface area (Å²) < 4.78 is 26.8. The minimum atomic E-state index is -3.76. The zero-order valence-corrected chi connectivity index (χ0v) is 11.5. The predicted octanol–water partition coefficient (Wildman–Crippen LogP) is 1.75. The van der Waals surface area contributed by atoms with Crippen LogP contribution in [0, 0.1) is 0 Å². The number of sulfonamides is 1. The lowest BCUT2D eigenvalue weighted by Crippen LogP contribution is -2.26. The van der Waals surface area contributed by atoms with Crippen LogP contribution in [0.3, 0.4) is 0 Å². The van der Waals surface area contributed by atoms with Gasteiger partial charge in [0.15, 0.2) is 0 Å². The van der Waals surface area contributed by atoms with Gasteiger partial charge >= 0.3 is 5.97 Å². The number of H-pyrrole nitrogens is 1. The van der Waals surface area contributed by atoms with E-state index in [9.17, 15) is 13.2 Å². The number of hydrogen-bond acceptors (Lipinski definition) is 3. The number of aromatic nitrogens is 1. The highest BCUT2D eigenvalue weighted by Gasteiger charge is 2.21. The fraction of sp³-hybridized carbons (Fsp3) is 0.154. The zero-order valence-electron chi connectivity index (χ0n) is 10.7. The van der Waals surface area contributed by atoms with Gasteiger partial charge in [0, 0.05) is 12.2 Å². The molecule has 0 amide bonds. The SMILES string of the molecule is C[C@H](NS(=O)(=O)c1c[nH]c(C(=O)O)c1)c1ccccc1. The lowest BCUT2D eigenvalue weighted by molar-refractivity contribution is 0.0691. The highest BCUT2D eigenvalue weighted by atomic mass is 32.2. The number of aromatic carboxylic acids is 1. The van der Waals surface area contributed by atoms with E-state index in [-0.39, 0.29) is 10.6 Å². The van der Waals surface area contributed by atoms with Crippen LogP contribution in [0.15, 0.2) is 47.5 Å². The summed E-state index contributed by atoms with van der Waals surface area (Å²) in [6.45, 7) is 1.72. The summed E-state index contributed by atoms with van der Waals surface area (Å²) in [5.74, 6) is -1.21. The summed E-state index contributed by atoms with van der Waals surface area (Å²) in [6, 6.07) is 9.78. The minimum Gasteiger partial charge on any atom is -0.477 e. The van der Waals surface area contributed by atoms with Gasteiger partial charge in [-0.3, -0.25) is 0 Å². The average molecular weight is 294 g/mol. The lowest BCUT2D eigenvalue weighted by Gasteiger charge is -2.13. The molecule has 106 valence electrons. The molecule has 1 aromatic carbocycles. The van der Waals surface area contributed by atoms with E-state index in [4.69, 9.17) is 5.11 Å². The minimum absolute atomic E-state index is 0.0994. The van der Waals surface area contributed by atoms with Crippen LogP contribution in [0.2, 0.25) is 0 Å². The molecular formula is C13H14N2O4S. The molecule has 0 saturated carbocycles. The lowest BCUT2D eigenvalue weighted by atomic mass is 10.1. The quantitative estimate of drug-likeness (QED) is 0.782. The largest absolute Gasteiger partial charge is 0.477 e. The number of carboxylic acid groups (broad SMARTS) is 1. The third-order valence-electron chi connectivity index (χ3n) is 2.83. The van der Waals surface area contributed by atoms with E-state index in [1.807, 2.05) is 30.3 Å². The van der Waals surface area contributed by atoms with E-state index in [1.165, 1.54) is 0 Å². The normalized spacial score (nSPS) is 13.1. The van der Waals surface area contributed by atoms with E-state index >= 15 is 0 Å². The average Bonchev–Trinajstić information content (AvgIpc) is 2.90. The molecule has 6 nitrogen and oxygen atoms in total. The second-order valence-corrected chi connectivity index (χ2v) is 6.02. The van der Waals surface area contributed by atoms with Crippen molar-refractivity contribution in [2.75, 3.05) is 0 Å². The molecule has 0 aliphatic rings. The Morgan fingerprint density at radius 2 is 1.95 bits per heavy atom. The summed E-state index contributed by atoms with van der Waals surface area (Å²) in [4.78, 5) is 13.0. The first-order valence-electron chi connectivity index (χ1n) is 5.89. The Labute approximate surface area is 116 Å². The highest BCUT2D eigenvalue weighted by molar-refractivity contribution is 7.89. The summed E-state index contributed by atoms with van der Waals surface area (Å²) in [5.41, 5.74) is 0.655. The maximum atomic E-state index is 12.1. The maximum Gasteiger partial charge on any atom is 0.352 e. The van der Waals surface area contributed by atoms with Gasteiger partial charge in [0.2, 0.25) is 10.0 Å². The number of aromatic amines is 1. The molecule has 0 aliphatic carbocycles. The third-order valence-corrected chi connectivity index (χ3v) is 4.35. The summed E-state index contributed by atoms with van der Waals surface area (Å²) in [7, 11) is -3.76. The first-order chi connectivity index (χ1) is 9.40. The molecule has 2 rings (SSSR count). The number of carbonyl (C=O) groups is 1. The predicted molar refractivity (Wildman–Crippen MR) is 72.9 cm³/mol. The molecule has 1 aromatic heterocycles. The Kier molecular flexibility index (Phi) is 3.91. The van der Waals surface area contributed by atoms with Crippen molar-refractivity contribution in [2.24, 2.45) is 0 Å². The monoisotopic (exact) mass is 294 g/mol. The number of hydrogen-bond donors (Lipinski definition) is 3. The molecule has 3 N–H and O–H groups in total. The van der Waals surface area contributed by atoms with Gasteiger partial charge in [0.25, 0.3) is 0 Å². The molecular weight excluding hydrogens is 280 g/mol. The van der Waals surface area contributed by atoms with Gasteiger partial charge in [-0.1, -0.05) is 30.3 Å². The van der Waals surface area contributed by atoms with Crippen molar-refractivity contribution in [2.45, 2.75) is 17.9 Å². The maximum absolute atomic E-state index is 12.1. The van der Waals surface area contributed by atoms with E-state index in [0.717, 1.165) is 17.8 Å². The third kappa shape index (κ3) is 3.06.